The molecule has 0 spiro atoms. The molecular weight excluding hydrogens is 691 g/mol. The Morgan fingerprint density at radius 2 is 0.842 bits per heavy atom. The van der Waals surface area contributed by atoms with Crippen LogP contribution in [0.2, 0.25) is 0 Å². The second-order valence-corrected chi connectivity index (χ2v) is 14.4. The van der Waals surface area contributed by atoms with Crippen molar-refractivity contribution in [2.75, 3.05) is 0 Å². The zero-order valence-electron chi connectivity index (χ0n) is 45.6. The summed E-state index contributed by atoms with van der Waals surface area (Å²) in [6.07, 6.45) is 0. The highest BCUT2D eigenvalue weighted by Crippen LogP contribution is 2.49. The maximum Gasteiger partial charge on any atom is 0.164 e. The monoisotopic (exact) mass is 742 g/mol. The van der Waals surface area contributed by atoms with Crippen molar-refractivity contribution in [1.82, 2.24) is 15.0 Å². The van der Waals surface area contributed by atoms with Crippen LogP contribution in [0.4, 0.5) is 0 Å². The fraction of sp³-hybridized carbons (Fsp3) is 0.0556. The van der Waals surface area contributed by atoms with E-state index < -0.39 is 107 Å². The predicted octanol–water partition coefficient (Wildman–Crippen LogP) is 14.0. The number of fused-ring (bicyclic) bond motifs is 9. The summed E-state index contributed by atoms with van der Waals surface area (Å²) in [5.41, 5.74) is 5.61. The summed E-state index contributed by atoms with van der Waals surface area (Å²) in [7, 11) is 0. The lowest BCUT2D eigenvalue weighted by Gasteiger charge is -2.21. The average molecular weight is 743 g/mol. The first-order valence-corrected chi connectivity index (χ1v) is 18.4. The van der Waals surface area contributed by atoms with E-state index in [4.69, 9.17) is 25.9 Å². The molecular formula is C54H37N3. The number of rotatable bonds is 5. The molecule has 1 aliphatic rings. The molecule has 1 heterocycles. The molecule has 0 amide bonds. The van der Waals surface area contributed by atoms with Crippen molar-refractivity contribution in [3.05, 3.63) is 199 Å². The van der Waals surface area contributed by atoms with E-state index in [1.807, 2.05) is 84.9 Å². The Morgan fingerprint density at radius 1 is 0.368 bits per heavy atom. The summed E-state index contributed by atoms with van der Waals surface area (Å²) < 4.78 is 136. The van der Waals surface area contributed by atoms with Crippen molar-refractivity contribution < 1.29 is 20.6 Å². The Morgan fingerprint density at radius 3 is 1.53 bits per heavy atom. The molecule has 0 N–H and O–H groups in total. The molecule has 0 fully saturated rings. The summed E-state index contributed by atoms with van der Waals surface area (Å²) in [6.45, 7) is 4.28. The molecule has 0 unspecified atom stereocenters. The first-order chi connectivity index (χ1) is 34.3. The van der Waals surface area contributed by atoms with Gasteiger partial charge in [0, 0.05) is 22.1 Å². The van der Waals surface area contributed by atoms with E-state index in [0.29, 0.717) is 11.1 Å². The fourth-order valence-electron chi connectivity index (χ4n) is 7.86. The molecule has 0 saturated carbocycles. The van der Waals surface area contributed by atoms with Gasteiger partial charge in [0.15, 0.2) is 17.5 Å². The molecule has 57 heavy (non-hydrogen) atoms. The lowest BCUT2D eigenvalue weighted by molar-refractivity contribution is 0.660. The van der Waals surface area contributed by atoms with Crippen molar-refractivity contribution >= 4 is 32.3 Å². The van der Waals surface area contributed by atoms with E-state index in [2.05, 4.69) is 26.0 Å². The largest absolute Gasteiger partial charge is 0.208 e. The third kappa shape index (κ3) is 5.46. The summed E-state index contributed by atoms with van der Waals surface area (Å²) >= 11 is 0. The highest BCUT2D eigenvalue weighted by Gasteiger charge is 2.35. The van der Waals surface area contributed by atoms with Crippen molar-refractivity contribution in [3.8, 4) is 67.5 Å². The molecule has 10 aromatic rings. The minimum atomic E-state index is -0.777. The summed E-state index contributed by atoms with van der Waals surface area (Å²) in [5.74, 6) is 0.165. The van der Waals surface area contributed by atoms with Crippen LogP contribution >= 0.6 is 0 Å². The molecule has 0 radical (unpaired) electrons. The molecule has 268 valence electrons. The van der Waals surface area contributed by atoms with Crippen LogP contribution in [0.3, 0.4) is 0 Å². The fourth-order valence-corrected chi connectivity index (χ4v) is 7.86. The molecule has 3 heteroatoms. The third-order valence-electron chi connectivity index (χ3n) is 10.8. The topological polar surface area (TPSA) is 38.7 Å². The Balaban J connectivity index is 1.16. The van der Waals surface area contributed by atoms with Crippen LogP contribution < -0.4 is 0 Å². The molecule has 9 aromatic carbocycles. The third-order valence-corrected chi connectivity index (χ3v) is 10.8. The molecule has 11 rings (SSSR count). The van der Waals surface area contributed by atoms with Crippen molar-refractivity contribution in [2.45, 2.75) is 19.3 Å². The zero-order chi connectivity index (χ0) is 51.1. The van der Waals surface area contributed by atoms with Crippen LogP contribution in [0.25, 0.3) is 99.9 Å². The van der Waals surface area contributed by atoms with Crippen molar-refractivity contribution in [2.24, 2.45) is 0 Å². The van der Waals surface area contributed by atoms with Gasteiger partial charge in [-0.1, -0.05) is 189 Å². The van der Waals surface area contributed by atoms with Crippen LogP contribution in [0.1, 0.15) is 45.5 Å². The lowest BCUT2D eigenvalue weighted by atomic mass is 9.82. The number of benzene rings is 9. The van der Waals surface area contributed by atoms with Crippen LogP contribution in [-0.4, -0.2) is 15.0 Å². The normalized spacial score (nSPS) is 16.6. The zero-order valence-corrected chi connectivity index (χ0v) is 30.6. The number of aromatic nitrogens is 3. The molecule has 0 saturated heterocycles. The Kier molecular flexibility index (Phi) is 4.80. The van der Waals surface area contributed by atoms with Gasteiger partial charge in [-0.3, -0.25) is 0 Å². The van der Waals surface area contributed by atoms with E-state index in [-0.39, 0.29) is 55.4 Å². The maximum atomic E-state index is 9.71. The molecule has 0 atom stereocenters. The van der Waals surface area contributed by atoms with Gasteiger partial charge in [-0.05, 0) is 88.9 Å². The average Bonchev–Trinajstić information content (AvgIpc) is 3.62. The van der Waals surface area contributed by atoms with E-state index >= 15 is 0 Å². The van der Waals surface area contributed by atoms with Gasteiger partial charge in [-0.2, -0.15) is 0 Å². The lowest BCUT2D eigenvalue weighted by Crippen LogP contribution is -2.15. The van der Waals surface area contributed by atoms with Gasteiger partial charge in [0.05, 0.1) is 20.6 Å². The highest BCUT2D eigenvalue weighted by atomic mass is 15.0. The number of hydrogen-bond acceptors (Lipinski definition) is 3. The van der Waals surface area contributed by atoms with Crippen molar-refractivity contribution in [1.29, 1.82) is 0 Å². The second kappa shape index (κ2) is 12.9. The van der Waals surface area contributed by atoms with Crippen LogP contribution in [0.5, 0.6) is 0 Å². The molecule has 0 bridgehead atoms. The predicted molar refractivity (Wildman–Crippen MR) is 237 cm³/mol. The first-order valence-electron chi connectivity index (χ1n) is 25.9. The second-order valence-electron chi connectivity index (χ2n) is 14.4. The standard InChI is InChI=1S/C54H37N3/c1-54(2)49-19-11-10-18-46(49)47-31-29-40(33-50(47)54)53-56-51(37-24-20-35(21-25-37)34-12-4-3-5-13-34)55-52(57-53)38-26-22-36(23-27-38)39-28-30-45-43-16-7-6-14-41(43)42-15-8-9-17-44(42)48(45)32-39/h3-33H,1-2H3/i6D,7D,8D,9D,14D,15D,16D,17D,22D,23D,26D,27D,28D,30D,32D. The van der Waals surface area contributed by atoms with Gasteiger partial charge in [0.1, 0.15) is 0 Å². The summed E-state index contributed by atoms with van der Waals surface area (Å²) in [4.78, 5) is 14.6. The van der Waals surface area contributed by atoms with Crippen molar-refractivity contribution in [3.63, 3.8) is 0 Å². The smallest absolute Gasteiger partial charge is 0.164 e. The molecule has 0 aliphatic heterocycles. The number of nitrogens with zero attached hydrogens (tertiary/aromatic N) is 3. The van der Waals surface area contributed by atoms with Crippen LogP contribution in [0, 0.1) is 0 Å². The summed E-state index contributed by atoms with van der Waals surface area (Å²) in [5, 5.41) is -2.18. The molecule has 1 aliphatic carbocycles. The molecule has 1 aromatic heterocycles. The quantitative estimate of drug-likeness (QED) is 0.165. The van der Waals surface area contributed by atoms with E-state index in [0.717, 1.165) is 33.4 Å². The van der Waals surface area contributed by atoms with Gasteiger partial charge in [-0.25, -0.2) is 15.0 Å². The highest BCUT2D eigenvalue weighted by molar-refractivity contribution is 6.25. The first kappa shape index (κ1) is 21.2. The van der Waals surface area contributed by atoms with Gasteiger partial charge in [0.25, 0.3) is 0 Å². The Labute approximate surface area is 353 Å². The van der Waals surface area contributed by atoms with E-state index in [9.17, 15) is 9.60 Å². The Hall–Kier alpha value is -7.23. The van der Waals surface area contributed by atoms with Gasteiger partial charge >= 0.3 is 0 Å². The van der Waals surface area contributed by atoms with Crippen LogP contribution in [0.15, 0.2) is 188 Å². The maximum absolute atomic E-state index is 9.71. The van der Waals surface area contributed by atoms with Gasteiger partial charge in [0.2, 0.25) is 0 Å². The minimum absolute atomic E-state index is 0.176. The number of hydrogen-bond donors (Lipinski definition) is 0. The SMILES string of the molecule is [2H]c1c([2H])c(-c2c([2H])c([2H])c3c4c([2H])c([2H])c([2H])c([2H])c4c4c([2H])c([2H])c([2H])c([2H])c4c3c2[2H])c([2H])c([2H])c1-c1nc(-c2ccc(-c3ccccc3)cc2)nc(-c2ccc3c(c2)C(C)(C)c2ccccc2-3)n1. The van der Waals surface area contributed by atoms with Gasteiger partial charge in [-0.15, -0.1) is 0 Å². The Bertz CT molecular complexity index is 3990. The van der Waals surface area contributed by atoms with E-state index in [1.54, 1.807) is 0 Å². The molecule has 3 nitrogen and oxygen atoms in total. The van der Waals surface area contributed by atoms with Crippen LogP contribution in [-0.2, 0) is 5.41 Å². The minimum Gasteiger partial charge on any atom is -0.208 e. The van der Waals surface area contributed by atoms with E-state index in [1.165, 1.54) is 0 Å². The van der Waals surface area contributed by atoms with Gasteiger partial charge < -0.3 is 0 Å². The summed E-state index contributed by atoms with van der Waals surface area (Å²) in [6, 6.07) is 20.9.